The molecular formula is C12H18N2O2. The molecule has 2 heterocycles. The molecule has 1 aliphatic rings. The Labute approximate surface area is 96.0 Å². The summed E-state index contributed by atoms with van der Waals surface area (Å²) in [5.41, 5.74) is 2.01. The van der Waals surface area contributed by atoms with Crippen molar-refractivity contribution >= 4 is 0 Å². The molecule has 4 nitrogen and oxygen atoms in total. The lowest BCUT2D eigenvalue weighted by atomic mass is 10.0. The Morgan fingerprint density at radius 3 is 2.62 bits per heavy atom. The van der Waals surface area contributed by atoms with Gasteiger partial charge in [0.1, 0.15) is 0 Å². The minimum Gasteiger partial charge on any atom is -0.353 e. The van der Waals surface area contributed by atoms with Crippen molar-refractivity contribution in [3.63, 3.8) is 0 Å². The maximum atomic E-state index is 5.44. The molecular weight excluding hydrogens is 204 g/mol. The largest absolute Gasteiger partial charge is 0.353 e. The topological polar surface area (TPSA) is 44.2 Å². The van der Waals surface area contributed by atoms with E-state index in [1.807, 2.05) is 26.0 Å². The summed E-state index contributed by atoms with van der Waals surface area (Å²) in [6.07, 6.45) is 1.94. The van der Waals surface area contributed by atoms with Gasteiger partial charge in [-0.25, -0.2) is 0 Å². The van der Waals surface area contributed by atoms with E-state index in [1.165, 1.54) is 0 Å². The number of ether oxygens (including phenoxy) is 2. The lowest BCUT2D eigenvalue weighted by molar-refractivity contribution is -0.191. The fourth-order valence-corrected chi connectivity index (χ4v) is 1.72. The molecule has 0 spiro atoms. The predicted octanol–water partition coefficient (Wildman–Crippen LogP) is 1.73. The van der Waals surface area contributed by atoms with Crippen molar-refractivity contribution in [2.75, 3.05) is 13.2 Å². The number of rotatable bonds is 3. The number of hydrogen-bond acceptors (Lipinski definition) is 4. The molecule has 0 bridgehead atoms. The Morgan fingerprint density at radius 2 is 2.00 bits per heavy atom. The lowest BCUT2D eigenvalue weighted by Crippen LogP contribution is -2.30. The minimum absolute atomic E-state index is 0.0459. The van der Waals surface area contributed by atoms with Gasteiger partial charge in [-0.05, 0) is 38.8 Å². The molecule has 1 fully saturated rings. The maximum absolute atomic E-state index is 5.44. The third-order valence-corrected chi connectivity index (χ3v) is 2.80. The van der Waals surface area contributed by atoms with E-state index in [2.05, 4.69) is 10.2 Å². The molecule has 4 heteroatoms. The first-order valence-corrected chi connectivity index (χ1v) is 5.76. The zero-order valence-corrected chi connectivity index (χ0v) is 9.85. The molecule has 0 amide bonds. The zero-order valence-electron chi connectivity index (χ0n) is 9.85. The van der Waals surface area contributed by atoms with Crippen LogP contribution in [0.1, 0.15) is 24.7 Å². The molecule has 16 heavy (non-hydrogen) atoms. The first-order valence-electron chi connectivity index (χ1n) is 5.76. The van der Waals surface area contributed by atoms with Crippen LogP contribution in [0.3, 0.4) is 0 Å². The molecule has 0 aliphatic carbocycles. The normalized spacial score (nSPS) is 25.6. The fraction of sp³-hybridized carbons (Fsp3) is 0.667. The van der Waals surface area contributed by atoms with Gasteiger partial charge in [-0.2, -0.15) is 10.2 Å². The van der Waals surface area contributed by atoms with E-state index in [4.69, 9.17) is 9.47 Å². The van der Waals surface area contributed by atoms with Gasteiger partial charge < -0.3 is 9.47 Å². The van der Waals surface area contributed by atoms with E-state index in [9.17, 15) is 0 Å². The SMILES string of the molecule is Cc1ccc(CCC2COC(C)OC2)nn1. The highest BCUT2D eigenvalue weighted by Crippen LogP contribution is 2.15. The lowest BCUT2D eigenvalue weighted by Gasteiger charge is -2.27. The van der Waals surface area contributed by atoms with E-state index in [0.717, 1.165) is 37.4 Å². The van der Waals surface area contributed by atoms with Gasteiger partial charge in [0.2, 0.25) is 0 Å². The highest BCUT2D eigenvalue weighted by Gasteiger charge is 2.18. The quantitative estimate of drug-likeness (QED) is 0.781. The molecule has 0 radical (unpaired) electrons. The van der Waals surface area contributed by atoms with Crippen LogP contribution < -0.4 is 0 Å². The van der Waals surface area contributed by atoms with E-state index in [-0.39, 0.29) is 6.29 Å². The van der Waals surface area contributed by atoms with Crippen LogP contribution in [0.5, 0.6) is 0 Å². The van der Waals surface area contributed by atoms with Crippen LogP contribution in [-0.4, -0.2) is 29.7 Å². The van der Waals surface area contributed by atoms with Crippen molar-refractivity contribution in [3.05, 3.63) is 23.5 Å². The molecule has 0 saturated carbocycles. The highest BCUT2D eigenvalue weighted by atomic mass is 16.7. The van der Waals surface area contributed by atoms with Gasteiger partial charge in [-0.15, -0.1) is 0 Å². The van der Waals surface area contributed by atoms with Crippen LogP contribution in [0.2, 0.25) is 0 Å². The van der Waals surface area contributed by atoms with Crippen molar-refractivity contribution in [3.8, 4) is 0 Å². The Bertz CT molecular complexity index is 318. The zero-order chi connectivity index (χ0) is 11.4. The Balaban J connectivity index is 1.77. The summed E-state index contributed by atoms with van der Waals surface area (Å²) in [5.74, 6) is 0.485. The van der Waals surface area contributed by atoms with E-state index >= 15 is 0 Å². The smallest absolute Gasteiger partial charge is 0.154 e. The maximum Gasteiger partial charge on any atom is 0.154 e. The van der Waals surface area contributed by atoms with Gasteiger partial charge in [0, 0.05) is 5.92 Å². The summed E-state index contributed by atoms with van der Waals surface area (Å²) in [6, 6.07) is 4.04. The Hall–Kier alpha value is -1.00. The third-order valence-electron chi connectivity index (χ3n) is 2.80. The van der Waals surface area contributed by atoms with E-state index in [1.54, 1.807) is 0 Å². The molecule has 0 aromatic carbocycles. The second-order valence-corrected chi connectivity index (χ2v) is 4.31. The van der Waals surface area contributed by atoms with Gasteiger partial charge in [-0.1, -0.05) is 0 Å². The highest BCUT2D eigenvalue weighted by molar-refractivity contribution is 5.05. The second-order valence-electron chi connectivity index (χ2n) is 4.31. The average Bonchev–Trinajstić information content (AvgIpc) is 2.30. The molecule has 0 N–H and O–H groups in total. The first kappa shape index (κ1) is 11.5. The third kappa shape index (κ3) is 3.25. The van der Waals surface area contributed by atoms with Gasteiger partial charge >= 0.3 is 0 Å². The van der Waals surface area contributed by atoms with Crippen LogP contribution in [-0.2, 0) is 15.9 Å². The fourth-order valence-electron chi connectivity index (χ4n) is 1.72. The monoisotopic (exact) mass is 222 g/mol. The molecule has 1 aromatic heterocycles. The predicted molar refractivity (Wildman–Crippen MR) is 59.9 cm³/mol. The van der Waals surface area contributed by atoms with Gasteiger partial charge in [-0.3, -0.25) is 0 Å². The molecule has 2 rings (SSSR count). The van der Waals surface area contributed by atoms with Gasteiger partial charge in [0.15, 0.2) is 6.29 Å². The molecule has 88 valence electrons. The second kappa shape index (κ2) is 5.37. The number of nitrogens with zero attached hydrogens (tertiary/aromatic N) is 2. The van der Waals surface area contributed by atoms with Crippen molar-refractivity contribution in [1.29, 1.82) is 0 Å². The van der Waals surface area contributed by atoms with Crippen molar-refractivity contribution in [2.45, 2.75) is 33.0 Å². The average molecular weight is 222 g/mol. The summed E-state index contributed by atoms with van der Waals surface area (Å²) in [4.78, 5) is 0. The molecule has 1 saturated heterocycles. The van der Waals surface area contributed by atoms with E-state index < -0.39 is 0 Å². The number of aromatic nitrogens is 2. The van der Waals surface area contributed by atoms with Crippen LogP contribution in [0.15, 0.2) is 12.1 Å². The summed E-state index contributed by atoms with van der Waals surface area (Å²) in [5, 5.41) is 8.19. The minimum atomic E-state index is -0.0459. The molecule has 0 unspecified atom stereocenters. The van der Waals surface area contributed by atoms with Crippen LogP contribution in [0.4, 0.5) is 0 Å². The van der Waals surface area contributed by atoms with Crippen molar-refractivity contribution < 1.29 is 9.47 Å². The first-order chi connectivity index (χ1) is 7.74. The standard InChI is InChI=1S/C12H18N2O2/c1-9-3-5-12(14-13-9)6-4-11-7-15-10(2)16-8-11/h3,5,10-11H,4,6-8H2,1-2H3. The van der Waals surface area contributed by atoms with Gasteiger partial charge in [0.25, 0.3) is 0 Å². The van der Waals surface area contributed by atoms with Crippen LogP contribution in [0, 0.1) is 12.8 Å². The van der Waals surface area contributed by atoms with Crippen molar-refractivity contribution in [2.24, 2.45) is 5.92 Å². The van der Waals surface area contributed by atoms with Crippen molar-refractivity contribution in [1.82, 2.24) is 10.2 Å². The van der Waals surface area contributed by atoms with Crippen LogP contribution in [0.25, 0.3) is 0 Å². The molecule has 1 aromatic rings. The Kier molecular flexibility index (Phi) is 3.85. The van der Waals surface area contributed by atoms with Crippen LogP contribution >= 0.6 is 0 Å². The van der Waals surface area contributed by atoms with E-state index in [0.29, 0.717) is 5.92 Å². The summed E-state index contributed by atoms with van der Waals surface area (Å²) >= 11 is 0. The number of hydrogen-bond donors (Lipinski definition) is 0. The molecule has 0 atom stereocenters. The number of aryl methyl sites for hydroxylation is 2. The summed E-state index contributed by atoms with van der Waals surface area (Å²) < 4.78 is 10.9. The Morgan fingerprint density at radius 1 is 1.25 bits per heavy atom. The summed E-state index contributed by atoms with van der Waals surface area (Å²) in [6.45, 7) is 5.46. The van der Waals surface area contributed by atoms with Gasteiger partial charge in [0.05, 0.1) is 24.6 Å². The molecule has 1 aliphatic heterocycles. The summed E-state index contributed by atoms with van der Waals surface area (Å²) in [7, 11) is 0.